The molecule has 0 aliphatic rings. The fourth-order valence-electron chi connectivity index (χ4n) is 2.44. The van der Waals surface area contributed by atoms with Crippen molar-refractivity contribution >= 4 is 39.3 Å². The Labute approximate surface area is 146 Å². The van der Waals surface area contributed by atoms with Crippen LogP contribution in [0.25, 0.3) is 16.9 Å². The van der Waals surface area contributed by atoms with Gasteiger partial charge in [-0.3, -0.25) is 4.40 Å². The molecule has 0 radical (unpaired) electrons. The number of imidazole rings is 1. The summed E-state index contributed by atoms with van der Waals surface area (Å²) < 4.78 is 7.53. The molecule has 0 fully saturated rings. The van der Waals surface area contributed by atoms with Crippen molar-refractivity contribution in [1.29, 1.82) is 0 Å². The average molecular weight is 392 g/mol. The van der Waals surface area contributed by atoms with Crippen LogP contribution in [0.5, 0.6) is 0 Å². The Morgan fingerprint density at radius 1 is 1.39 bits per heavy atom. The predicted molar refractivity (Wildman–Crippen MR) is 94.0 cm³/mol. The zero-order valence-corrected chi connectivity index (χ0v) is 15.2. The van der Waals surface area contributed by atoms with Crippen LogP contribution in [0.15, 0.2) is 40.2 Å². The van der Waals surface area contributed by atoms with Gasteiger partial charge in [0, 0.05) is 11.8 Å². The molecular formula is C16H14BrN3O2S. The SMILES string of the molecule is COC(=O)c1ccc(-c2cnc3c(SC)nc(Br)cn23)cc1C. The van der Waals surface area contributed by atoms with Crippen molar-refractivity contribution in [3.63, 3.8) is 0 Å². The molecule has 0 bridgehead atoms. The summed E-state index contributed by atoms with van der Waals surface area (Å²) in [6, 6.07) is 5.64. The number of carbonyl (C=O) groups excluding carboxylic acids is 1. The van der Waals surface area contributed by atoms with Crippen LogP contribution in [0.4, 0.5) is 0 Å². The molecule has 0 unspecified atom stereocenters. The molecule has 0 aliphatic heterocycles. The monoisotopic (exact) mass is 391 g/mol. The van der Waals surface area contributed by atoms with Gasteiger partial charge in [-0.15, -0.1) is 11.8 Å². The molecule has 0 saturated heterocycles. The third-order valence-corrected chi connectivity index (χ3v) is 4.60. The largest absolute Gasteiger partial charge is 0.465 e. The third-order valence-electron chi connectivity index (χ3n) is 3.55. The molecule has 118 valence electrons. The third kappa shape index (κ3) is 2.86. The number of carbonyl (C=O) groups is 1. The maximum atomic E-state index is 11.7. The fourth-order valence-corrected chi connectivity index (χ4v) is 3.47. The molecule has 2 heterocycles. The number of hydrogen-bond donors (Lipinski definition) is 0. The van der Waals surface area contributed by atoms with Gasteiger partial charge in [0.15, 0.2) is 5.65 Å². The number of rotatable bonds is 3. The van der Waals surface area contributed by atoms with Crippen molar-refractivity contribution in [1.82, 2.24) is 14.4 Å². The second kappa shape index (κ2) is 6.33. The van der Waals surface area contributed by atoms with Crippen molar-refractivity contribution in [2.45, 2.75) is 11.9 Å². The van der Waals surface area contributed by atoms with Gasteiger partial charge in [0.25, 0.3) is 0 Å². The van der Waals surface area contributed by atoms with Gasteiger partial charge in [-0.2, -0.15) is 0 Å². The van der Waals surface area contributed by atoms with E-state index in [4.69, 9.17) is 4.74 Å². The van der Waals surface area contributed by atoms with Gasteiger partial charge in [-0.1, -0.05) is 6.07 Å². The molecule has 23 heavy (non-hydrogen) atoms. The Morgan fingerprint density at radius 3 is 2.83 bits per heavy atom. The lowest BCUT2D eigenvalue weighted by Gasteiger charge is -2.08. The van der Waals surface area contributed by atoms with Gasteiger partial charge in [0.2, 0.25) is 0 Å². The molecule has 7 heteroatoms. The molecule has 3 aromatic rings. The summed E-state index contributed by atoms with van der Waals surface area (Å²) >= 11 is 4.98. The molecule has 0 spiro atoms. The Hall–Kier alpha value is -1.86. The summed E-state index contributed by atoms with van der Waals surface area (Å²) in [5.74, 6) is -0.330. The second-order valence-electron chi connectivity index (χ2n) is 4.93. The van der Waals surface area contributed by atoms with Crippen LogP contribution < -0.4 is 0 Å². The van der Waals surface area contributed by atoms with Gasteiger partial charge in [-0.25, -0.2) is 14.8 Å². The number of benzene rings is 1. The van der Waals surface area contributed by atoms with Crippen LogP contribution in [0.1, 0.15) is 15.9 Å². The smallest absolute Gasteiger partial charge is 0.338 e. The van der Waals surface area contributed by atoms with Crippen molar-refractivity contribution in [3.8, 4) is 11.3 Å². The van der Waals surface area contributed by atoms with E-state index in [2.05, 4.69) is 25.9 Å². The summed E-state index contributed by atoms with van der Waals surface area (Å²) in [5, 5.41) is 0.855. The fraction of sp³-hybridized carbons (Fsp3) is 0.188. The maximum absolute atomic E-state index is 11.7. The first kappa shape index (κ1) is 16.0. The first-order valence-corrected chi connectivity index (χ1v) is 8.84. The molecule has 0 aliphatic carbocycles. The van der Waals surface area contributed by atoms with E-state index in [1.54, 1.807) is 17.8 Å². The zero-order chi connectivity index (χ0) is 16.6. The first-order valence-electron chi connectivity index (χ1n) is 6.82. The molecule has 0 amide bonds. The van der Waals surface area contributed by atoms with Crippen LogP contribution in [0, 0.1) is 6.92 Å². The highest BCUT2D eigenvalue weighted by molar-refractivity contribution is 9.10. The number of aryl methyl sites for hydroxylation is 1. The van der Waals surface area contributed by atoms with E-state index in [9.17, 15) is 4.79 Å². The lowest BCUT2D eigenvalue weighted by Crippen LogP contribution is -2.03. The molecule has 0 N–H and O–H groups in total. The Kier molecular flexibility index (Phi) is 4.41. The first-order chi connectivity index (χ1) is 11.0. The van der Waals surface area contributed by atoms with Crippen molar-refractivity contribution in [3.05, 3.63) is 46.3 Å². The highest BCUT2D eigenvalue weighted by Gasteiger charge is 2.14. The summed E-state index contributed by atoms with van der Waals surface area (Å²) in [4.78, 5) is 20.6. The maximum Gasteiger partial charge on any atom is 0.338 e. The minimum absolute atomic E-state index is 0.330. The van der Waals surface area contributed by atoms with Gasteiger partial charge >= 0.3 is 5.97 Å². The number of esters is 1. The molecule has 2 aromatic heterocycles. The van der Waals surface area contributed by atoms with E-state index in [1.165, 1.54) is 7.11 Å². The van der Waals surface area contributed by atoms with E-state index >= 15 is 0 Å². The summed E-state index contributed by atoms with van der Waals surface area (Å²) in [7, 11) is 1.38. The molecule has 0 atom stereocenters. The van der Waals surface area contributed by atoms with Crippen molar-refractivity contribution < 1.29 is 9.53 Å². The van der Waals surface area contributed by atoms with Gasteiger partial charge < -0.3 is 4.74 Å². The molecule has 3 rings (SSSR count). The van der Waals surface area contributed by atoms with Crippen LogP contribution in [-0.2, 0) is 4.74 Å². The number of fused-ring (bicyclic) bond motifs is 1. The quantitative estimate of drug-likeness (QED) is 0.499. The van der Waals surface area contributed by atoms with Crippen LogP contribution in [0.3, 0.4) is 0 Å². The molecule has 1 aromatic carbocycles. The van der Waals surface area contributed by atoms with E-state index < -0.39 is 0 Å². The highest BCUT2D eigenvalue weighted by atomic mass is 79.9. The predicted octanol–water partition coefficient (Wildman–Crippen LogP) is 3.98. The van der Waals surface area contributed by atoms with E-state index in [0.717, 1.165) is 32.1 Å². The minimum atomic E-state index is -0.330. The zero-order valence-electron chi connectivity index (χ0n) is 12.8. The van der Waals surface area contributed by atoms with Crippen LogP contribution >= 0.6 is 27.7 Å². The molecule has 5 nitrogen and oxygen atoms in total. The number of methoxy groups -OCH3 is 1. The minimum Gasteiger partial charge on any atom is -0.465 e. The summed E-state index contributed by atoms with van der Waals surface area (Å²) in [6.07, 6.45) is 5.68. The van der Waals surface area contributed by atoms with E-state index in [0.29, 0.717) is 5.56 Å². The van der Waals surface area contributed by atoms with Crippen LogP contribution in [-0.4, -0.2) is 33.7 Å². The number of aromatic nitrogens is 3. The Morgan fingerprint density at radius 2 is 2.17 bits per heavy atom. The standard InChI is InChI=1S/C16H14BrN3O2S/c1-9-6-10(4-5-11(9)16(21)22-2)12-7-18-14-15(23-3)19-13(17)8-20(12)14/h4-8H,1-3H3. The number of nitrogens with zero attached hydrogens (tertiary/aromatic N) is 3. The second-order valence-corrected chi connectivity index (χ2v) is 6.54. The number of halogens is 1. The topological polar surface area (TPSA) is 56.5 Å². The summed E-state index contributed by atoms with van der Waals surface area (Å²) in [6.45, 7) is 1.89. The van der Waals surface area contributed by atoms with Gasteiger partial charge in [0.05, 0.1) is 24.6 Å². The molecule has 0 saturated carbocycles. The number of hydrogen-bond acceptors (Lipinski definition) is 5. The van der Waals surface area contributed by atoms with Gasteiger partial charge in [0.1, 0.15) is 9.63 Å². The lowest BCUT2D eigenvalue weighted by atomic mass is 10.0. The van der Waals surface area contributed by atoms with E-state index in [1.807, 2.05) is 42.1 Å². The molecular weight excluding hydrogens is 378 g/mol. The lowest BCUT2D eigenvalue weighted by molar-refractivity contribution is 0.0600. The van der Waals surface area contributed by atoms with Crippen molar-refractivity contribution in [2.24, 2.45) is 0 Å². The van der Waals surface area contributed by atoms with Crippen molar-refractivity contribution in [2.75, 3.05) is 13.4 Å². The van der Waals surface area contributed by atoms with Gasteiger partial charge in [-0.05, 0) is 46.8 Å². The number of ether oxygens (including phenoxy) is 1. The highest BCUT2D eigenvalue weighted by Crippen LogP contribution is 2.28. The Bertz CT molecular complexity index is 908. The average Bonchev–Trinajstić information content (AvgIpc) is 2.96. The van der Waals surface area contributed by atoms with E-state index in [-0.39, 0.29) is 5.97 Å². The van der Waals surface area contributed by atoms with Crippen LogP contribution in [0.2, 0.25) is 0 Å². The normalized spacial score (nSPS) is 11.0. The Balaban J connectivity index is 2.16. The summed E-state index contributed by atoms with van der Waals surface area (Å²) in [5.41, 5.74) is 4.16. The number of thioether (sulfide) groups is 1.